The average molecular weight is 348 g/mol. The summed E-state index contributed by atoms with van der Waals surface area (Å²) in [5.41, 5.74) is 0.929. The maximum atomic E-state index is 12.1. The summed E-state index contributed by atoms with van der Waals surface area (Å²) in [5, 5.41) is 12.2. The number of carbonyl (C=O) groups is 1. The van der Waals surface area contributed by atoms with Crippen LogP contribution in [-0.4, -0.2) is 33.0 Å². The molecule has 0 spiro atoms. The van der Waals surface area contributed by atoms with Crippen LogP contribution in [0.15, 0.2) is 21.9 Å². The second kappa shape index (κ2) is 7.88. The third kappa shape index (κ3) is 4.01. The highest BCUT2D eigenvalue weighted by Gasteiger charge is 2.17. The standard InChI is InChI=1S/C17H24N4O2S/c1-12-14(8-9-23-12)16-19-20-17(21(16)2)24-11-15(22)18-10-13-6-4-3-5-7-13/h8-9,13H,3-7,10-11H2,1-2H3,(H,18,22). The molecular formula is C17H24N4O2S. The van der Waals surface area contributed by atoms with Crippen LogP contribution in [0.2, 0.25) is 0 Å². The van der Waals surface area contributed by atoms with Crippen molar-refractivity contribution in [2.75, 3.05) is 12.3 Å². The summed E-state index contributed by atoms with van der Waals surface area (Å²) in [5.74, 6) is 2.65. The zero-order valence-corrected chi connectivity index (χ0v) is 15.1. The largest absolute Gasteiger partial charge is 0.469 e. The van der Waals surface area contributed by atoms with E-state index in [1.807, 2.05) is 24.6 Å². The lowest BCUT2D eigenvalue weighted by molar-refractivity contribution is -0.118. The second-order valence-corrected chi connectivity index (χ2v) is 7.29. The number of nitrogens with one attached hydrogen (secondary N) is 1. The quantitative estimate of drug-likeness (QED) is 0.812. The Hall–Kier alpha value is -1.76. The van der Waals surface area contributed by atoms with E-state index >= 15 is 0 Å². The van der Waals surface area contributed by atoms with Gasteiger partial charge in [-0.15, -0.1) is 10.2 Å². The smallest absolute Gasteiger partial charge is 0.230 e. The number of carbonyl (C=O) groups excluding carboxylic acids is 1. The van der Waals surface area contributed by atoms with Crippen molar-refractivity contribution >= 4 is 17.7 Å². The van der Waals surface area contributed by atoms with Crippen molar-refractivity contribution in [3.8, 4) is 11.4 Å². The first kappa shape index (κ1) is 17.1. The summed E-state index contributed by atoms with van der Waals surface area (Å²) >= 11 is 1.41. The Labute approximate surface area is 146 Å². The Balaban J connectivity index is 1.50. The molecule has 0 unspecified atom stereocenters. The van der Waals surface area contributed by atoms with Gasteiger partial charge in [0.1, 0.15) is 5.76 Å². The first-order chi connectivity index (χ1) is 11.6. The van der Waals surface area contributed by atoms with Crippen LogP contribution >= 0.6 is 11.8 Å². The molecule has 0 atom stereocenters. The molecule has 0 aromatic carbocycles. The molecule has 2 heterocycles. The first-order valence-electron chi connectivity index (χ1n) is 8.48. The fourth-order valence-electron chi connectivity index (χ4n) is 3.12. The fraction of sp³-hybridized carbons (Fsp3) is 0.588. The van der Waals surface area contributed by atoms with Crippen LogP contribution in [0.4, 0.5) is 0 Å². The van der Waals surface area contributed by atoms with E-state index in [2.05, 4.69) is 15.5 Å². The molecule has 130 valence electrons. The monoisotopic (exact) mass is 348 g/mol. The zero-order valence-electron chi connectivity index (χ0n) is 14.2. The van der Waals surface area contributed by atoms with Crippen molar-refractivity contribution in [2.24, 2.45) is 13.0 Å². The van der Waals surface area contributed by atoms with Crippen molar-refractivity contribution in [3.05, 3.63) is 18.1 Å². The summed E-state index contributed by atoms with van der Waals surface area (Å²) in [4.78, 5) is 12.1. The van der Waals surface area contributed by atoms with E-state index < -0.39 is 0 Å². The molecule has 1 aliphatic carbocycles. The van der Waals surface area contributed by atoms with E-state index in [1.165, 1.54) is 43.9 Å². The van der Waals surface area contributed by atoms with Gasteiger partial charge in [-0.3, -0.25) is 4.79 Å². The van der Waals surface area contributed by atoms with Gasteiger partial charge >= 0.3 is 0 Å². The number of rotatable bonds is 6. The van der Waals surface area contributed by atoms with Gasteiger partial charge in [-0.25, -0.2) is 0 Å². The van der Waals surface area contributed by atoms with Crippen molar-refractivity contribution in [1.29, 1.82) is 0 Å². The lowest BCUT2D eigenvalue weighted by atomic mass is 9.89. The fourth-order valence-corrected chi connectivity index (χ4v) is 3.86. The predicted octanol–water partition coefficient (Wildman–Crippen LogP) is 3.17. The van der Waals surface area contributed by atoms with Gasteiger partial charge in [0.25, 0.3) is 0 Å². The summed E-state index contributed by atoms with van der Waals surface area (Å²) in [6.07, 6.45) is 8.05. The molecule has 24 heavy (non-hydrogen) atoms. The molecular weight excluding hydrogens is 324 g/mol. The molecule has 0 saturated heterocycles. The minimum atomic E-state index is 0.0645. The molecule has 2 aromatic heterocycles. The Kier molecular flexibility index (Phi) is 5.60. The Morgan fingerprint density at radius 3 is 2.88 bits per heavy atom. The van der Waals surface area contributed by atoms with Crippen LogP contribution in [0.3, 0.4) is 0 Å². The highest BCUT2D eigenvalue weighted by atomic mass is 32.2. The van der Waals surface area contributed by atoms with E-state index in [1.54, 1.807) is 6.26 Å². The molecule has 0 radical (unpaired) electrons. The Morgan fingerprint density at radius 2 is 2.17 bits per heavy atom. The van der Waals surface area contributed by atoms with E-state index in [9.17, 15) is 4.79 Å². The summed E-state index contributed by atoms with van der Waals surface area (Å²) < 4.78 is 7.22. The summed E-state index contributed by atoms with van der Waals surface area (Å²) in [6.45, 7) is 2.70. The van der Waals surface area contributed by atoms with Crippen molar-refractivity contribution in [1.82, 2.24) is 20.1 Å². The molecule has 2 aromatic rings. The van der Waals surface area contributed by atoms with Gasteiger partial charge in [0, 0.05) is 13.6 Å². The maximum absolute atomic E-state index is 12.1. The van der Waals surface area contributed by atoms with Gasteiger partial charge < -0.3 is 14.3 Å². The van der Waals surface area contributed by atoms with Crippen LogP contribution < -0.4 is 5.32 Å². The highest BCUT2D eigenvalue weighted by Crippen LogP contribution is 2.26. The minimum Gasteiger partial charge on any atom is -0.469 e. The van der Waals surface area contributed by atoms with Crippen molar-refractivity contribution in [3.63, 3.8) is 0 Å². The normalized spacial score (nSPS) is 15.6. The van der Waals surface area contributed by atoms with E-state index in [-0.39, 0.29) is 5.91 Å². The molecule has 7 heteroatoms. The van der Waals surface area contributed by atoms with Crippen LogP contribution in [0, 0.1) is 12.8 Å². The SMILES string of the molecule is Cc1occc1-c1nnc(SCC(=O)NCC2CCCCC2)n1C. The molecule has 6 nitrogen and oxygen atoms in total. The minimum absolute atomic E-state index is 0.0645. The van der Waals surface area contributed by atoms with Crippen LogP contribution in [0.5, 0.6) is 0 Å². The molecule has 1 amide bonds. The summed E-state index contributed by atoms with van der Waals surface area (Å²) in [7, 11) is 1.91. The molecule has 1 saturated carbocycles. The van der Waals surface area contributed by atoms with Gasteiger partial charge in [0.05, 0.1) is 17.6 Å². The molecule has 0 bridgehead atoms. The lowest BCUT2D eigenvalue weighted by Crippen LogP contribution is -2.31. The number of hydrogen-bond donors (Lipinski definition) is 1. The van der Waals surface area contributed by atoms with Gasteiger partial charge in [0.15, 0.2) is 11.0 Å². The van der Waals surface area contributed by atoms with E-state index in [0.717, 1.165) is 28.8 Å². The number of hydrogen-bond acceptors (Lipinski definition) is 5. The second-order valence-electron chi connectivity index (χ2n) is 6.35. The number of amides is 1. The van der Waals surface area contributed by atoms with Gasteiger partial charge in [-0.2, -0.15) is 0 Å². The number of nitrogens with zero attached hydrogens (tertiary/aromatic N) is 3. The lowest BCUT2D eigenvalue weighted by Gasteiger charge is -2.21. The number of thioether (sulfide) groups is 1. The zero-order chi connectivity index (χ0) is 16.9. The number of aryl methyl sites for hydroxylation is 1. The first-order valence-corrected chi connectivity index (χ1v) is 9.47. The third-order valence-corrected chi connectivity index (χ3v) is 5.60. The van der Waals surface area contributed by atoms with E-state index in [4.69, 9.17) is 4.42 Å². The molecule has 1 aliphatic rings. The Bertz CT molecular complexity index is 689. The maximum Gasteiger partial charge on any atom is 0.230 e. The molecule has 1 fully saturated rings. The third-order valence-electron chi connectivity index (χ3n) is 4.58. The van der Waals surface area contributed by atoms with E-state index in [0.29, 0.717) is 11.7 Å². The van der Waals surface area contributed by atoms with Crippen molar-refractivity contribution in [2.45, 2.75) is 44.2 Å². The van der Waals surface area contributed by atoms with Crippen LogP contribution in [0.1, 0.15) is 37.9 Å². The summed E-state index contributed by atoms with van der Waals surface area (Å²) in [6, 6.07) is 1.88. The highest BCUT2D eigenvalue weighted by molar-refractivity contribution is 7.99. The predicted molar refractivity (Wildman–Crippen MR) is 93.8 cm³/mol. The van der Waals surface area contributed by atoms with Crippen molar-refractivity contribution < 1.29 is 9.21 Å². The molecule has 3 rings (SSSR count). The molecule has 1 N–H and O–H groups in total. The van der Waals surface area contributed by atoms with Gasteiger partial charge in [-0.05, 0) is 31.7 Å². The number of aromatic nitrogens is 3. The average Bonchev–Trinajstić information content (AvgIpc) is 3.17. The topological polar surface area (TPSA) is 72.9 Å². The molecule has 0 aliphatic heterocycles. The number of furan rings is 1. The van der Waals surface area contributed by atoms with Gasteiger partial charge in [0.2, 0.25) is 5.91 Å². The Morgan fingerprint density at radius 1 is 1.38 bits per heavy atom. The van der Waals surface area contributed by atoms with Crippen LogP contribution in [-0.2, 0) is 11.8 Å². The van der Waals surface area contributed by atoms with Crippen LogP contribution in [0.25, 0.3) is 11.4 Å². The van der Waals surface area contributed by atoms with Gasteiger partial charge in [-0.1, -0.05) is 31.0 Å².